The maximum absolute atomic E-state index is 11.8. The predicted molar refractivity (Wildman–Crippen MR) is 77.3 cm³/mol. The first kappa shape index (κ1) is 19.1. The standard InChI is InChI=1S/C12H25N5O4/c13-6-2-1-4-8(14)10(18)17-9(11(19)20)5-3-7-16-12(15)21/h8-9H,1-7,13-14H2,(H,17,18)(H,19,20)(H3,15,16,21)/t8-,9-/m0/s1. The van der Waals surface area contributed by atoms with Gasteiger partial charge in [-0.1, -0.05) is 6.42 Å². The van der Waals surface area contributed by atoms with Crippen molar-refractivity contribution in [1.82, 2.24) is 10.6 Å². The van der Waals surface area contributed by atoms with Crippen LogP contribution in [-0.2, 0) is 9.59 Å². The van der Waals surface area contributed by atoms with Gasteiger partial charge in [-0.3, -0.25) is 4.79 Å². The summed E-state index contributed by atoms with van der Waals surface area (Å²) in [6.07, 6.45) is 2.49. The lowest BCUT2D eigenvalue weighted by Crippen LogP contribution is -2.48. The average Bonchev–Trinajstić information content (AvgIpc) is 2.41. The smallest absolute Gasteiger partial charge is 0.326 e. The van der Waals surface area contributed by atoms with Crippen molar-refractivity contribution in [3.63, 3.8) is 0 Å². The summed E-state index contributed by atoms with van der Waals surface area (Å²) in [4.78, 5) is 33.3. The number of carbonyl (C=O) groups is 3. The second-order valence-electron chi connectivity index (χ2n) is 4.72. The Morgan fingerprint density at radius 2 is 1.76 bits per heavy atom. The highest BCUT2D eigenvalue weighted by Gasteiger charge is 2.22. The molecule has 0 saturated heterocycles. The Morgan fingerprint density at radius 3 is 2.29 bits per heavy atom. The van der Waals surface area contributed by atoms with Crippen molar-refractivity contribution in [2.45, 2.75) is 44.2 Å². The molecular weight excluding hydrogens is 278 g/mol. The number of carboxylic acid groups (broad SMARTS) is 1. The van der Waals surface area contributed by atoms with Crippen LogP contribution < -0.4 is 27.8 Å². The Bertz CT molecular complexity index is 351. The van der Waals surface area contributed by atoms with Crippen LogP contribution in [0.1, 0.15) is 32.1 Å². The van der Waals surface area contributed by atoms with E-state index in [-0.39, 0.29) is 13.0 Å². The number of nitrogens with two attached hydrogens (primary N) is 3. The van der Waals surface area contributed by atoms with Gasteiger partial charge >= 0.3 is 12.0 Å². The Kier molecular flexibility index (Phi) is 9.90. The second-order valence-corrected chi connectivity index (χ2v) is 4.72. The van der Waals surface area contributed by atoms with Crippen LogP contribution in [0.3, 0.4) is 0 Å². The Morgan fingerprint density at radius 1 is 1.10 bits per heavy atom. The summed E-state index contributed by atoms with van der Waals surface area (Å²) in [5, 5.41) is 13.8. The highest BCUT2D eigenvalue weighted by atomic mass is 16.4. The van der Waals surface area contributed by atoms with Crippen LogP contribution in [0.15, 0.2) is 0 Å². The van der Waals surface area contributed by atoms with E-state index >= 15 is 0 Å². The quantitative estimate of drug-likeness (QED) is 0.252. The second kappa shape index (κ2) is 10.9. The monoisotopic (exact) mass is 303 g/mol. The van der Waals surface area contributed by atoms with Gasteiger partial charge in [-0.05, 0) is 32.2 Å². The van der Waals surface area contributed by atoms with Crippen molar-refractivity contribution in [3.8, 4) is 0 Å². The number of amides is 3. The fourth-order valence-electron chi connectivity index (χ4n) is 1.69. The molecule has 0 unspecified atom stereocenters. The maximum atomic E-state index is 11.8. The van der Waals surface area contributed by atoms with Crippen molar-refractivity contribution in [3.05, 3.63) is 0 Å². The first-order valence-electron chi connectivity index (χ1n) is 6.90. The van der Waals surface area contributed by atoms with Gasteiger partial charge < -0.3 is 32.9 Å². The van der Waals surface area contributed by atoms with E-state index < -0.39 is 30.0 Å². The lowest BCUT2D eigenvalue weighted by molar-refractivity contribution is -0.142. The molecule has 21 heavy (non-hydrogen) atoms. The zero-order valence-corrected chi connectivity index (χ0v) is 12.0. The lowest BCUT2D eigenvalue weighted by atomic mass is 10.1. The number of carboxylic acids is 1. The molecular formula is C12H25N5O4. The van der Waals surface area contributed by atoms with E-state index in [4.69, 9.17) is 22.3 Å². The molecule has 2 atom stereocenters. The summed E-state index contributed by atoms with van der Waals surface area (Å²) < 4.78 is 0. The molecule has 0 aromatic rings. The van der Waals surface area contributed by atoms with Crippen molar-refractivity contribution in [2.24, 2.45) is 17.2 Å². The van der Waals surface area contributed by atoms with Crippen LogP contribution in [-0.4, -0.2) is 48.2 Å². The first-order chi connectivity index (χ1) is 9.88. The maximum Gasteiger partial charge on any atom is 0.326 e. The number of hydrogen-bond donors (Lipinski definition) is 6. The van der Waals surface area contributed by atoms with E-state index in [0.29, 0.717) is 25.8 Å². The van der Waals surface area contributed by atoms with Gasteiger partial charge in [0.1, 0.15) is 6.04 Å². The normalized spacial score (nSPS) is 13.2. The summed E-state index contributed by atoms with van der Waals surface area (Å²) in [5.74, 6) is -1.64. The van der Waals surface area contributed by atoms with Gasteiger partial charge in [-0.25, -0.2) is 9.59 Å². The largest absolute Gasteiger partial charge is 0.480 e. The molecule has 0 fully saturated rings. The van der Waals surface area contributed by atoms with Gasteiger partial charge in [0.05, 0.1) is 6.04 Å². The molecule has 0 heterocycles. The van der Waals surface area contributed by atoms with Crippen molar-refractivity contribution in [1.29, 1.82) is 0 Å². The van der Waals surface area contributed by atoms with Crippen molar-refractivity contribution in [2.75, 3.05) is 13.1 Å². The van der Waals surface area contributed by atoms with Gasteiger partial charge in [0.25, 0.3) is 0 Å². The number of aliphatic carboxylic acids is 1. The molecule has 0 aliphatic carbocycles. The molecule has 0 aromatic heterocycles. The zero-order chi connectivity index (χ0) is 16.3. The van der Waals surface area contributed by atoms with Gasteiger partial charge in [0.15, 0.2) is 0 Å². The van der Waals surface area contributed by atoms with E-state index in [1.165, 1.54) is 0 Å². The average molecular weight is 303 g/mol. The number of unbranched alkanes of at least 4 members (excludes halogenated alkanes) is 1. The van der Waals surface area contributed by atoms with Crippen LogP contribution in [0.25, 0.3) is 0 Å². The molecule has 9 N–H and O–H groups in total. The van der Waals surface area contributed by atoms with E-state index in [2.05, 4.69) is 10.6 Å². The molecule has 122 valence electrons. The lowest BCUT2D eigenvalue weighted by Gasteiger charge is -2.17. The zero-order valence-electron chi connectivity index (χ0n) is 12.0. The third-order valence-corrected chi connectivity index (χ3v) is 2.89. The Balaban J connectivity index is 4.14. The van der Waals surface area contributed by atoms with E-state index in [1.807, 2.05) is 0 Å². The first-order valence-corrected chi connectivity index (χ1v) is 6.90. The van der Waals surface area contributed by atoms with Gasteiger partial charge in [-0.2, -0.15) is 0 Å². The molecule has 0 spiro atoms. The van der Waals surface area contributed by atoms with E-state index in [1.54, 1.807) is 0 Å². The van der Waals surface area contributed by atoms with Gasteiger partial charge in [-0.15, -0.1) is 0 Å². The number of hydrogen-bond acceptors (Lipinski definition) is 5. The molecule has 0 aliphatic heterocycles. The minimum Gasteiger partial charge on any atom is -0.480 e. The van der Waals surface area contributed by atoms with Crippen LogP contribution in [0.4, 0.5) is 4.79 Å². The van der Waals surface area contributed by atoms with E-state index in [0.717, 1.165) is 6.42 Å². The molecule has 0 aliphatic rings. The summed E-state index contributed by atoms with van der Waals surface area (Å²) in [7, 11) is 0. The summed E-state index contributed by atoms with van der Waals surface area (Å²) in [6, 6.07) is -2.46. The SMILES string of the molecule is NCCCC[C@H](N)C(=O)N[C@@H](CCCNC(N)=O)C(=O)O. The molecule has 9 heteroatoms. The summed E-state index contributed by atoms with van der Waals surface area (Å²) in [5.41, 5.74) is 15.9. The number of carbonyl (C=O) groups excluding carboxylic acids is 2. The fourth-order valence-corrected chi connectivity index (χ4v) is 1.69. The van der Waals surface area contributed by atoms with Crippen LogP contribution in [0.5, 0.6) is 0 Å². The van der Waals surface area contributed by atoms with Crippen molar-refractivity contribution >= 4 is 17.9 Å². The highest BCUT2D eigenvalue weighted by molar-refractivity contribution is 5.86. The molecule has 0 rings (SSSR count). The van der Waals surface area contributed by atoms with Crippen LogP contribution >= 0.6 is 0 Å². The fraction of sp³-hybridized carbons (Fsp3) is 0.750. The molecule has 0 bridgehead atoms. The summed E-state index contributed by atoms with van der Waals surface area (Å²) >= 11 is 0. The van der Waals surface area contributed by atoms with Crippen molar-refractivity contribution < 1.29 is 19.5 Å². The number of primary amides is 1. The molecule has 0 aromatic carbocycles. The van der Waals surface area contributed by atoms with Gasteiger partial charge in [0, 0.05) is 6.54 Å². The molecule has 9 nitrogen and oxygen atoms in total. The summed E-state index contributed by atoms with van der Waals surface area (Å²) in [6.45, 7) is 0.774. The molecule has 3 amide bonds. The molecule has 0 radical (unpaired) electrons. The minimum atomic E-state index is -1.14. The Labute approximate surface area is 123 Å². The minimum absolute atomic E-state index is 0.177. The third kappa shape index (κ3) is 9.63. The number of urea groups is 1. The van der Waals surface area contributed by atoms with Crippen LogP contribution in [0, 0.1) is 0 Å². The van der Waals surface area contributed by atoms with E-state index in [9.17, 15) is 14.4 Å². The highest BCUT2D eigenvalue weighted by Crippen LogP contribution is 2.01. The third-order valence-electron chi connectivity index (χ3n) is 2.89. The topological polar surface area (TPSA) is 174 Å². The predicted octanol–water partition coefficient (Wildman–Crippen LogP) is -1.54. The van der Waals surface area contributed by atoms with Gasteiger partial charge in [0.2, 0.25) is 5.91 Å². The number of rotatable bonds is 11. The molecule has 0 saturated carbocycles. The number of nitrogens with one attached hydrogen (secondary N) is 2. The van der Waals surface area contributed by atoms with Crippen LogP contribution in [0.2, 0.25) is 0 Å². The Hall–Kier alpha value is -1.87.